The van der Waals surface area contributed by atoms with Gasteiger partial charge >= 0.3 is 0 Å². The average molecular weight is 324 g/mol. The molecule has 4 nitrogen and oxygen atoms in total. The number of benzene rings is 2. The van der Waals surface area contributed by atoms with E-state index in [4.69, 9.17) is 0 Å². The maximum Gasteiger partial charge on any atom is 0.240 e. The van der Waals surface area contributed by atoms with Gasteiger partial charge in [-0.25, -0.2) is 0 Å². The molecule has 0 aliphatic heterocycles. The van der Waals surface area contributed by atoms with Gasteiger partial charge in [0.15, 0.2) is 0 Å². The fourth-order valence-electron chi connectivity index (χ4n) is 2.52. The average Bonchev–Trinajstić information content (AvgIpc) is 2.58. The van der Waals surface area contributed by atoms with E-state index in [1.54, 1.807) is 0 Å². The van der Waals surface area contributed by atoms with Gasteiger partial charge in [0.1, 0.15) is 6.54 Å². The zero-order valence-corrected chi connectivity index (χ0v) is 14.5. The highest BCUT2D eigenvalue weighted by atomic mass is 16.2. The minimum atomic E-state index is -0.175. The number of amides is 2. The summed E-state index contributed by atoms with van der Waals surface area (Å²) in [5.74, 6) is -0.323. The lowest BCUT2D eigenvalue weighted by atomic mass is 10.1. The number of hydrogen-bond acceptors (Lipinski definition) is 2. The molecule has 0 bridgehead atoms. The highest BCUT2D eigenvalue weighted by Gasteiger charge is 2.15. The van der Waals surface area contributed by atoms with Crippen LogP contribution in [0.15, 0.2) is 48.5 Å². The number of carbonyl (C=O) groups is 2. The number of aryl methyl sites for hydroxylation is 2. The van der Waals surface area contributed by atoms with Crippen molar-refractivity contribution in [2.45, 2.75) is 33.7 Å². The van der Waals surface area contributed by atoms with Crippen LogP contribution in [-0.4, -0.2) is 18.4 Å². The summed E-state index contributed by atoms with van der Waals surface area (Å²) in [5, 5.41) is 2.87. The minimum absolute atomic E-state index is 0.0205. The number of nitrogens with zero attached hydrogens (tertiary/aromatic N) is 1. The van der Waals surface area contributed by atoms with Crippen LogP contribution >= 0.6 is 0 Å². The Kier molecular flexibility index (Phi) is 6.13. The van der Waals surface area contributed by atoms with E-state index < -0.39 is 0 Å². The quantitative estimate of drug-likeness (QED) is 0.887. The van der Waals surface area contributed by atoms with Gasteiger partial charge in [0.05, 0.1) is 0 Å². The van der Waals surface area contributed by atoms with Crippen molar-refractivity contribution in [2.24, 2.45) is 0 Å². The molecule has 2 amide bonds. The van der Waals surface area contributed by atoms with Crippen molar-refractivity contribution in [3.63, 3.8) is 0 Å². The second-order valence-corrected chi connectivity index (χ2v) is 5.89. The standard InChI is InChI=1S/C20H24N2O2/c1-4-17-8-10-19(11-9-17)22(16(3)23)14-20(24)21-13-18-7-5-6-15(2)12-18/h5-12H,4,13-14H2,1-3H3,(H,21,24). The lowest BCUT2D eigenvalue weighted by Crippen LogP contribution is -2.39. The number of anilines is 1. The Morgan fingerprint density at radius 1 is 1.04 bits per heavy atom. The molecule has 24 heavy (non-hydrogen) atoms. The first-order valence-corrected chi connectivity index (χ1v) is 8.19. The Hall–Kier alpha value is -2.62. The molecule has 1 N–H and O–H groups in total. The molecule has 2 aromatic carbocycles. The van der Waals surface area contributed by atoms with Crippen LogP contribution in [0.2, 0.25) is 0 Å². The second kappa shape index (κ2) is 8.29. The Labute approximate surface area is 143 Å². The summed E-state index contributed by atoms with van der Waals surface area (Å²) in [4.78, 5) is 25.6. The van der Waals surface area contributed by atoms with Crippen molar-refractivity contribution in [3.8, 4) is 0 Å². The summed E-state index contributed by atoms with van der Waals surface area (Å²) in [7, 11) is 0. The van der Waals surface area contributed by atoms with Crippen molar-refractivity contribution in [3.05, 3.63) is 65.2 Å². The normalized spacial score (nSPS) is 10.3. The second-order valence-electron chi connectivity index (χ2n) is 5.89. The third-order valence-electron chi connectivity index (χ3n) is 3.91. The van der Waals surface area contributed by atoms with Gasteiger partial charge in [-0.3, -0.25) is 9.59 Å². The molecule has 0 aromatic heterocycles. The number of carbonyl (C=O) groups excluding carboxylic acids is 2. The summed E-state index contributed by atoms with van der Waals surface area (Å²) >= 11 is 0. The number of hydrogen-bond donors (Lipinski definition) is 1. The third-order valence-corrected chi connectivity index (χ3v) is 3.91. The topological polar surface area (TPSA) is 49.4 Å². The number of nitrogens with one attached hydrogen (secondary N) is 1. The van der Waals surface area contributed by atoms with E-state index in [2.05, 4.69) is 12.2 Å². The largest absolute Gasteiger partial charge is 0.350 e. The van der Waals surface area contributed by atoms with Gasteiger partial charge in [0.2, 0.25) is 11.8 Å². The van der Waals surface area contributed by atoms with Gasteiger partial charge < -0.3 is 10.2 Å². The number of rotatable bonds is 6. The molecule has 0 heterocycles. The van der Waals surface area contributed by atoms with Crippen molar-refractivity contribution < 1.29 is 9.59 Å². The molecule has 0 aliphatic carbocycles. The van der Waals surface area contributed by atoms with Crippen LogP contribution in [0.5, 0.6) is 0 Å². The van der Waals surface area contributed by atoms with E-state index in [1.165, 1.54) is 17.4 Å². The third kappa shape index (κ3) is 4.95. The van der Waals surface area contributed by atoms with Gasteiger partial charge in [-0.05, 0) is 36.6 Å². The Bertz CT molecular complexity index is 708. The molecular formula is C20H24N2O2. The monoisotopic (exact) mass is 324 g/mol. The van der Waals surface area contributed by atoms with E-state index in [9.17, 15) is 9.59 Å². The fraction of sp³-hybridized carbons (Fsp3) is 0.300. The summed E-state index contributed by atoms with van der Waals surface area (Å²) in [6.07, 6.45) is 0.942. The van der Waals surface area contributed by atoms with Gasteiger partial charge in [0.25, 0.3) is 0 Å². The smallest absolute Gasteiger partial charge is 0.240 e. The highest BCUT2D eigenvalue weighted by Crippen LogP contribution is 2.16. The van der Waals surface area contributed by atoms with Crippen LogP contribution in [0, 0.1) is 6.92 Å². The minimum Gasteiger partial charge on any atom is -0.350 e. The van der Waals surface area contributed by atoms with E-state index in [0.29, 0.717) is 6.54 Å². The maximum atomic E-state index is 12.2. The maximum absolute atomic E-state index is 12.2. The zero-order chi connectivity index (χ0) is 17.5. The summed E-state index contributed by atoms with van der Waals surface area (Å²) < 4.78 is 0. The van der Waals surface area contributed by atoms with Gasteiger partial charge in [0, 0.05) is 19.2 Å². The predicted molar refractivity (Wildman–Crippen MR) is 96.9 cm³/mol. The first kappa shape index (κ1) is 17.7. The van der Waals surface area contributed by atoms with Crippen LogP contribution in [0.25, 0.3) is 0 Å². The van der Waals surface area contributed by atoms with Gasteiger partial charge in [-0.1, -0.05) is 48.9 Å². The molecule has 0 radical (unpaired) electrons. The fourth-order valence-corrected chi connectivity index (χ4v) is 2.52. The molecule has 0 fully saturated rings. The van der Waals surface area contributed by atoms with Gasteiger partial charge in [-0.15, -0.1) is 0 Å². The first-order chi connectivity index (χ1) is 11.5. The molecule has 2 aromatic rings. The summed E-state index contributed by atoms with van der Waals surface area (Å²) in [6, 6.07) is 15.7. The van der Waals surface area contributed by atoms with Crippen LogP contribution in [0.4, 0.5) is 5.69 Å². The van der Waals surface area contributed by atoms with Crippen LogP contribution in [-0.2, 0) is 22.6 Å². The van der Waals surface area contributed by atoms with Crippen molar-refractivity contribution in [1.82, 2.24) is 5.32 Å². The molecular weight excluding hydrogens is 300 g/mol. The van der Waals surface area contributed by atoms with Crippen molar-refractivity contribution in [2.75, 3.05) is 11.4 Å². The lowest BCUT2D eigenvalue weighted by molar-refractivity contribution is -0.123. The summed E-state index contributed by atoms with van der Waals surface area (Å²) in [5.41, 5.74) is 4.14. The summed E-state index contributed by atoms with van der Waals surface area (Å²) in [6.45, 7) is 6.05. The lowest BCUT2D eigenvalue weighted by Gasteiger charge is -2.21. The van der Waals surface area contributed by atoms with Gasteiger partial charge in [-0.2, -0.15) is 0 Å². The Morgan fingerprint density at radius 2 is 1.75 bits per heavy atom. The molecule has 0 saturated carbocycles. The molecule has 0 atom stereocenters. The highest BCUT2D eigenvalue weighted by molar-refractivity contribution is 5.97. The first-order valence-electron chi connectivity index (χ1n) is 8.19. The Morgan fingerprint density at radius 3 is 2.33 bits per heavy atom. The SMILES string of the molecule is CCc1ccc(N(CC(=O)NCc2cccc(C)c2)C(C)=O)cc1. The zero-order valence-electron chi connectivity index (χ0n) is 14.5. The molecule has 126 valence electrons. The van der Waals surface area contributed by atoms with E-state index >= 15 is 0 Å². The predicted octanol–water partition coefficient (Wildman–Crippen LogP) is 3.23. The molecule has 0 spiro atoms. The van der Waals surface area contributed by atoms with E-state index in [0.717, 1.165) is 23.2 Å². The van der Waals surface area contributed by atoms with E-state index in [-0.39, 0.29) is 18.4 Å². The van der Waals surface area contributed by atoms with Crippen molar-refractivity contribution >= 4 is 17.5 Å². The molecule has 4 heteroatoms. The molecule has 2 rings (SSSR count). The van der Waals surface area contributed by atoms with Crippen molar-refractivity contribution in [1.29, 1.82) is 0 Å². The molecule has 0 unspecified atom stereocenters. The van der Waals surface area contributed by atoms with E-state index in [1.807, 2.05) is 55.5 Å². The van der Waals surface area contributed by atoms with Crippen LogP contribution in [0.3, 0.4) is 0 Å². The Balaban J connectivity index is 1.99. The molecule has 0 saturated heterocycles. The van der Waals surface area contributed by atoms with Crippen LogP contribution in [0.1, 0.15) is 30.5 Å². The molecule has 0 aliphatic rings. The van der Waals surface area contributed by atoms with Crippen LogP contribution < -0.4 is 10.2 Å².